The molecule has 0 aliphatic carbocycles. The molecule has 0 spiro atoms. The normalized spacial score (nSPS) is 11.6. The van der Waals surface area contributed by atoms with Crippen LogP contribution in [0.25, 0.3) is 5.69 Å². The zero-order valence-electron chi connectivity index (χ0n) is 9.37. The first-order valence-electron chi connectivity index (χ1n) is 5.06. The summed E-state index contributed by atoms with van der Waals surface area (Å²) < 4.78 is 51.3. The van der Waals surface area contributed by atoms with E-state index in [1.807, 2.05) is 0 Å². The number of amidine groups is 1. The highest BCUT2D eigenvalue weighted by atomic mass is 19.4. The van der Waals surface area contributed by atoms with E-state index in [4.69, 9.17) is 11.1 Å². The highest BCUT2D eigenvalue weighted by Crippen LogP contribution is 2.28. The van der Waals surface area contributed by atoms with Gasteiger partial charge in [0.05, 0.1) is 5.69 Å². The molecule has 3 N–H and O–H groups in total. The average molecular weight is 272 g/mol. The van der Waals surface area contributed by atoms with Gasteiger partial charge in [-0.2, -0.15) is 18.3 Å². The fourth-order valence-electron chi connectivity index (χ4n) is 1.53. The molecule has 0 saturated carbocycles. The van der Waals surface area contributed by atoms with Crippen molar-refractivity contribution >= 4 is 5.84 Å². The Morgan fingerprint density at radius 1 is 1.26 bits per heavy atom. The molecule has 100 valence electrons. The zero-order chi connectivity index (χ0) is 14.2. The summed E-state index contributed by atoms with van der Waals surface area (Å²) in [7, 11) is 0. The van der Waals surface area contributed by atoms with Crippen molar-refractivity contribution in [2.75, 3.05) is 0 Å². The van der Waals surface area contributed by atoms with Crippen LogP contribution in [0.2, 0.25) is 0 Å². The topological polar surface area (TPSA) is 67.7 Å². The second-order valence-corrected chi connectivity index (χ2v) is 3.72. The lowest BCUT2D eigenvalue weighted by atomic mass is 10.1. The van der Waals surface area contributed by atoms with E-state index < -0.39 is 23.5 Å². The second-order valence-electron chi connectivity index (χ2n) is 3.72. The van der Waals surface area contributed by atoms with E-state index >= 15 is 0 Å². The maximum atomic E-state index is 13.1. The second kappa shape index (κ2) is 4.38. The van der Waals surface area contributed by atoms with Crippen LogP contribution in [0.3, 0.4) is 0 Å². The Hall–Kier alpha value is -2.38. The Bertz CT molecular complexity index is 630. The van der Waals surface area contributed by atoms with Crippen molar-refractivity contribution in [3.05, 3.63) is 47.5 Å². The first-order chi connectivity index (χ1) is 8.79. The van der Waals surface area contributed by atoms with Crippen molar-refractivity contribution < 1.29 is 17.6 Å². The number of aromatic nitrogens is 2. The molecule has 4 nitrogen and oxygen atoms in total. The number of halogens is 4. The Kier molecular flexibility index (Phi) is 3.01. The molecule has 1 aromatic carbocycles. The third-order valence-corrected chi connectivity index (χ3v) is 2.38. The van der Waals surface area contributed by atoms with Gasteiger partial charge in [0.2, 0.25) is 0 Å². The van der Waals surface area contributed by atoms with Gasteiger partial charge < -0.3 is 5.73 Å². The van der Waals surface area contributed by atoms with Crippen molar-refractivity contribution in [1.82, 2.24) is 9.78 Å². The van der Waals surface area contributed by atoms with Crippen LogP contribution in [-0.4, -0.2) is 15.6 Å². The van der Waals surface area contributed by atoms with E-state index in [1.54, 1.807) is 0 Å². The van der Waals surface area contributed by atoms with Crippen LogP contribution in [0, 0.1) is 11.2 Å². The lowest BCUT2D eigenvalue weighted by Crippen LogP contribution is -2.16. The van der Waals surface area contributed by atoms with E-state index in [1.165, 1.54) is 6.07 Å². The molecule has 0 fully saturated rings. The van der Waals surface area contributed by atoms with Crippen molar-refractivity contribution in [2.45, 2.75) is 6.18 Å². The third-order valence-electron chi connectivity index (χ3n) is 2.38. The van der Waals surface area contributed by atoms with Gasteiger partial charge in [-0.3, -0.25) is 5.41 Å². The Balaban J connectivity index is 2.53. The van der Waals surface area contributed by atoms with Gasteiger partial charge in [0.15, 0.2) is 5.69 Å². The highest BCUT2D eigenvalue weighted by molar-refractivity contribution is 5.98. The SMILES string of the molecule is N=C(N)c1cc(F)ccc1-n1ccc(C(F)(F)F)n1. The molecule has 0 radical (unpaired) electrons. The highest BCUT2D eigenvalue weighted by Gasteiger charge is 2.33. The van der Waals surface area contributed by atoms with Gasteiger partial charge in [-0.05, 0) is 24.3 Å². The van der Waals surface area contributed by atoms with Crippen molar-refractivity contribution in [2.24, 2.45) is 5.73 Å². The molecule has 0 unspecified atom stereocenters. The number of alkyl halides is 3. The molecular formula is C11H8F4N4. The lowest BCUT2D eigenvalue weighted by molar-refractivity contribution is -0.141. The average Bonchev–Trinajstić information content (AvgIpc) is 2.77. The summed E-state index contributed by atoms with van der Waals surface area (Å²) in [6, 6.07) is 4.01. The van der Waals surface area contributed by atoms with E-state index in [0.29, 0.717) is 0 Å². The molecule has 0 saturated heterocycles. The van der Waals surface area contributed by atoms with Gasteiger partial charge in [-0.1, -0.05) is 0 Å². The molecule has 0 amide bonds. The molecule has 2 aromatic rings. The molecule has 1 aromatic heterocycles. The van der Waals surface area contributed by atoms with Crippen LogP contribution in [0.15, 0.2) is 30.5 Å². The van der Waals surface area contributed by atoms with E-state index in [-0.39, 0.29) is 11.3 Å². The molecule has 19 heavy (non-hydrogen) atoms. The number of nitrogens with one attached hydrogen (secondary N) is 1. The number of rotatable bonds is 2. The van der Waals surface area contributed by atoms with E-state index in [0.717, 1.165) is 29.1 Å². The number of hydrogen-bond donors (Lipinski definition) is 2. The minimum absolute atomic E-state index is 0.0307. The smallest absolute Gasteiger partial charge is 0.384 e. The molecule has 2 rings (SSSR count). The molecule has 0 atom stereocenters. The van der Waals surface area contributed by atoms with Gasteiger partial charge in [0, 0.05) is 11.8 Å². The summed E-state index contributed by atoms with van der Waals surface area (Å²) in [5.74, 6) is -1.10. The van der Waals surface area contributed by atoms with Crippen LogP contribution in [0.5, 0.6) is 0 Å². The first kappa shape index (κ1) is 13.1. The predicted molar refractivity (Wildman–Crippen MR) is 59.5 cm³/mol. The minimum atomic E-state index is -4.57. The van der Waals surface area contributed by atoms with Gasteiger partial charge in [-0.15, -0.1) is 0 Å². The summed E-state index contributed by atoms with van der Waals surface area (Å²) in [5.41, 5.74) is 4.26. The number of nitrogens with two attached hydrogens (primary N) is 1. The fourth-order valence-corrected chi connectivity index (χ4v) is 1.53. The maximum absolute atomic E-state index is 13.1. The predicted octanol–water partition coefficient (Wildman–Crippen LogP) is 2.31. The number of hydrogen-bond acceptors (Lipinski definition) is 2. The lowest BCUT2D eigenvalue weighted by Gasteiger charge is -2.08. The van der Waals surface area contributed by atoms with Crippen molar-refractivity contribution in [3.63, 3.8) is 0 Å². The standard InChI is InChI=1S/C11H8F4N4/c12-6-1-2-8(7(5-6)10(16)17)19-4-3-9(18-19)11(13,14)15/h1-5H,(H3,16,17). The summed E-state index contributed by atoms with van der Waals surface area (Å²) in [6.07, 6.45) is -3.50. The summed E-state index contributed by atoms with van der Waals surface area (Å²) in [6.45, 7) is 0. The molecule has 8 heteroatoms. The first-order valence-corrected chi connectivity index (χ1v) is 5.06. The monoisotopic (exact) mass is 272 g/mol. The third kappa shape index (κ3) is 2.56. The number of nitrogen functional groups attached to an aromatic ring is 1. The van der Waals surface area contributed by atoms with Crippen LogP contribution in [0.1, 0.15) is 11.3 Å². The number of benzene rings is 1. The molecule has 0 bridgehead atoms. The fraction of sp³-hybridized carbons (Fsp3) is 0.0909. The summed E-state index contributed by atoms with van der Waals surface area (Å²) >= 11 is 0. The van der Waals surface area contributed by atoms with Crippen LogP contribution in [-0.2, 0) is 6.18 Å². The Morgan fingerprint density at radius 2 is 1.95 bits per heavy atom. The van der Waals surface area contributed by atoms with E-state index in [9.17, 15) is 17.6 Å². The quantitative estimate of drug-likeness (QED) is 0.500. The molecule has 0 aliphatic heterocycles. The van der Waals surface area contributed by atoms with Gasteiger partial charge in [0.1, 0.15) is 11.7 Å². The molecule has 0 aliphatic rings. The Morgan fingerprint density at radius 3 is 2.47 bits per heavy atom. The Labute approximate surface area is 105 Å². The van der Waals surface area contributed by atoms with Gasteiger partial charge in [0.25, 0.3) is 0 Å². The maximum Gasteiger partial charge on any atom is 0.435 e. The minimum Gasteiger partial charge on any atom is -0.384 e. The largest absolute Gasteiger partial charge is 0.435 e. The zero-order valence-corrected chi connectivity index (χ0v) is 9.37. The summed E-state index contributed by atoms with van der Waals surface area (Å²) in [5, 5.41) is 10.6. The molecular weight excluding hydrogens is 264 g/mol. The van der Waals surface area contributed by atoms with Crippen LogP contribution >= 0.6 is 0 Å². The van der Waals surface area contributed by atoms with Gasteiger partial charge >= 0.3 is 6.18 Å². The number of nitrogens with zero attached hydrogens (tertiary/aromatic N) is 2. The van der Waals surface area contributed by atoms with E-state index in [2.05, 4.69) is 5.10 Å². The van der Waals surface area contributed by atoms with Gasteiger partial charge in [-0.25, -0.2) is 9.07 Å². The van der Waals surface area contributed by atoms with Crippen LogP contribution < -0.4 is 5.73 Å². The van der Waals surface area contributed by atoms with Crippen molar-refractivity contribution in [1.29, 1.82) is 5.41 Å². The summed E-state index contributed by atoms with van der Waals surface area (Å²) in [4.78, 5) is 0. The molecule has 1 heterocycles. The van der Waals surface area contributed by atoms with Crippen molar-refractivity contribution in [3.8, 4) is 5.69 Å². The van der Waals surface area contributed by atoms with Crippen LogP contribution in [0.4, 0.5) is 17.6 Å².